The van der Waals surface area contributed by atoms with Crippen LogP contribution in [0.5, 0.6) is 5.75 Å². The Labute approximate surface area is 172 Å². The van der Waals surface area contributed by atoms with Gasteiger partial charge in [-0.1, -0.05) is 0 Å². The van der Waals surface area contributed by atoms with Crippen molar-refractivity contribution in [3.05, 3.63) is 41.5 Å². The second kappa shape index (κ2) is 9.79. The molecule has 11 heteroatoms. The van der Waals surface area contributed by atoms with Crippen LogP contribution in [-0.4, -0.2) is 54.1 Å². The summed E-state index contributed by atoms with van der Waals surface area (Å²) < 4.78 is 50.2. The Balaban J connectivity index is 1.42. The van der Waals surface area contributed by atoms with Gasteiger partial charge in [-0.05, 0) is 30.7 Å². The largest absolute Gasteiger partial charge is 0.492 e. The summed E-state index contributed by atoms with van der Waals surface area (Å²) in [6, 6.07) is 4.78. The Kier molecular flexibility index (Phi) is 7.14. The minimum Gasteiger partial charge on any atom is -0.492 e. The summed E-state index contributed by atoms with van der Waals surface area (Å²) in [5.41, 5.74) is -0.699. The van der Waals surface area contributed by atoms with Crippen molar-refractivity contribution in [2.45, 2.75) is 38.2 Å². The fourth-order valence-electron chi connectivity index (χ4n) is 3.14. The molecule has 0 aliphatic carbocycles. The molecule has 0 fully saturated rings. The number of nitrogens with zero attached hydrogens (tertiary/aromatic N) is 4. The molecule has 0 bridgehead atoms. The lowest BCUT2D eigenvalue weighted by Gasteiger charge is -2.25. The summed E-state index contributed by atoms with van der Waals surface area (Å²) in [5.74, 6) is 2.63. The third-order valence-electron chi connectivity index (χ3n) is 4.58. The van der Waals surface area contributed by atoms with Gasteiger partial charge in [-0.15, -0.1) is 0 Å². The minimum absolute atomic E-state index is 0.150. The van der Waals surface area contributed by atoms with Gasteiger partial charge in [-0.25, -0.2) is 9.67 Å². The van der Waals surface area contributed by atoms with Crippen LogP contribution in [0.4, 0.5) is 13.2 Å². The Morgan fingerprint density at radius 2 is 2.07 bits per heavy atom. The van der Waals surface area contributed by atoms with E-state index in [9.17, 15) is 13.2 Å². The molecule has 2 N–H and O–H groups in total. The van der Waals surface area contributed by atoms with Gasteiger partial charge in [0.1, 0.15) is 24.8 Å². The van der Waals surface area contributed by atoms with Crippen LogP contribution in [0.1, 0.15) is 23.6 Å². The number of rotatable bonds is 7. The zero-order valence-corrected chi connectivity index (χ0v) is 16.9. The molecule has 1 aromatic carbocycles. The Morgan fingerprint density at radius 1 is 1.30 bits per heavy atom. The van der Waals surface area contributed by atoms with Crippen molar-refractivity contribution in [1.82, 2.24) is 25.4 Å². The number of aromatic nitrogens is 3. The maximum Gasteiger partial charge on any atom is 0.416 e. The Bertz CT molecular complexity index is 851. The topological polar surface area (TPSA) is 85.6 Å². The molecule has 1 aromatic heterocycles. The first-order valence-corrected chi connectivity index (χ1v) is 9.58. The van der Waals surface area contributed by atoms with Gasteiger partial charge >= 0.3 is 6.18 Å². The number of methoxy groups -OCH3 is 1. The van der Waals surface area contributed by atoms with E-state index in [1.54, 1.807) is 14.2 Å². The van der Waals surface area contributed by atoms with E-state index in [0.717, 1.165) is 30.8 Å². The molecule has 1 aliphatic rings. The second-order valence-electron chi connectivity index (χ2n) is 6.81. The number of aryl methyl sites for hydroxylation is 1. The van der Waals surface area contributed by atoms with E-state index in [-0.39, 0.29) is 12.6 Å². The van der Waals surface area contributed by atoms with Gasteiger partial charge in [-0.3, -0.25) is 4.99 Å². The van der Waals surface area contributed by atoms with E-state index in [4.69, 9.17) is 9.47 Å². The maximum atomic E-state index is 12.6. The van der Waals surface area contributed by atoms with E-state index >= 15 is 0 Å². The fourth-order valence-corrected chi connectivity index (χ4v) is 3.14. The number of ether oxygens (including phenoxy) is 2. The summed E-state index contributed by atoms with van der Waals surface area (Å²) in [4.78, 5) is 8.66. The van der Waals surface area contributed by atoms with E-state index in [1.165, 1.54) is 12.1 Å². The van der Waals surface area contributed by atoms with Crippen LogP contribution in [0.15, 0.2) is 29.3 Å². The normalized spacial score (nSPS) is 16.8. The van der Waals surface area contributed by atoms with Crippen molar-refractivity contribution >= 4 is 5.96 Å². The molecule has 164 valence electrons. The number of guanidine groups is 1. The highest BCUT2D eigenvalue weighted by Gasteiger charge is 2.30. The maximum absolute atomic E-state index is 12.6. The molecule has 2 aromatic rings. The summed E-state index contributed by atoms with van der Waals surface area (Å²) in [5, 5.41) is 10.9. The summed E-state index contributed by atoms with van der Waals surface area (Å²) >= 11 is 0. The van der Waals surface area contributed by atoms with E-state index < -0.39 is 11.7 Å². The first kappa shape index (κ1) is 21.9. The van der Waals surface area contributed by atoms with Crippen LogP contribution < -0.4 is 15.4 Å². The predicted molar refractivity (Wildman–Crippen MR) is 104 cm³/mol. The lowest BCUT2D eigenvalue weighted by molar-refractivity contribution is -0.137. The van der Waals surface area contributed by atoms with Crippen molar-refractivity contribution in [2.24, 2.45) is 4.99 Å². The van der Waals surface area contributed by atoms with Crippen molar-refractivity contribution in [1.29, 1.82) is 0 Å². The lowest BCUT2D eigenvalue weighted by atomic mass is 10.1. The van der Waals surface area contributed by atoms with E-state index in [0.29, 0.717) is 37.2 Å². The van der Waals surface area contributed by atoms with E-state index in [2.05, 4.69) is 25.7 Å². The Hall–Kier alpha value is -2.82. The summed E-state index contributed by atoms with van der Waals surface area (Å²) in [7, 11) is 3.29. The van der Waals surface area contributed by atoms with Crippen LogP contribution in [0.3, 0.4) is 0 Å². The smallest absolute Gasteiger partial charge is 0.416 e. The molecule has 30 heavy (non-hydrogen) atoms. The van der Waals surface area contributed by atoms with Gasteiger partial charge in [0.2, 0.25) is 0 Å². The number of alkyl halides is 3. The van der Waals surface area contributed by atoms with Crippen molar-refractivity contribution in [3.63, 3.8) is 0 Å². The molecular formula is C19H25F3N6O2. The average Bonchev–Trinajstić information content (AvgIpc) is 3.12. The quantitative estimate of drug-likeness (QED) is 0.400. The zero-order valence-electron chi connectivity index (χ0n) is 16.9. The molecule has 0 saturated heterocycles. The molecule has 0 saturated carbocycles. The molecular weight excluding hydrogens is 401 g/mol. The molecule has 1 aliphatic heterocycles. The molecule has 3 rings (SSSR count). The molecule has 1 atom stereocenters. The van der Waals surface area contributed by atoms with Crippen LogP contribution in [0, 0.1) is 0 Å². The van der Waals surface area contributed by atoms with Gasteiger partial charge in [-0.2, -0.15) is 18.3 Å². The molecule has 0 radical (unpaired) electrons. The highest BCUT2D eigenvalue weighted by atomic mass is 19.4. The SMILES string of the molecule is CN=C(NCCOc1ccc(C(F)(F)F)cc1)NC1CCc2nc(COC)nn2C1. The number of hydrogen-bond donors (Lipinski definition) is 2. The third-order valence-corrected chi connectivity index (χ3v) is 4.58. The van der Waals surface area contributed by atoms with Gasteiger partial charge in [0, 0.05) is 26.6 Å². The highest BCUT2D eigenvalue weighted by Crippen LogP contribution is 2.30. The molecule has 0 amide bonds. The number of fused-ring (bicyclic) bond motifs is 1. The van der Waals surface area contributed by atoms with Crippen LogP contribution in [-0.2, 0) is 30.5 Å². The lowest BCUT2D eigenvalue weighted by Crippen LogP contribution is -2.47. The van der Waals surface area contributed by atoms with Gasteiger partial charge in [0.15, 0.2) is 11.8 Å². The summed E-state index contributed by atoms with van der Waals surface area (Å²) in [6.07, 6.45) is -2.65. The number of hydrogen-bond acceptors (Lipinski definition) is 5. The van der Waals surface area contributed by atoms with Crippen molar-refractivity contribution < 1.29 is 22.6 Å². The zero-order chi connectivity index (χ0) is 21.6. The first-order chi connectivity index (χ1) is 14.4. The molecule has 8 nitrogen and oxygen atoms in total. The van der Waals surface area contributed by atoms with Crippen LogP contribution >= 0.6 is 0 Å². The van der Waals surface area contributed by atoms with E-state index in [1.807, 2.05) is 4.68 Å². The standard InChI is InChI=1S/C19H25F3N6O2/c1-23-18(24-9-10-30-15-6-3-13(4-7-15)19(20,21)22)25-14-5-8-17-26-16(12-29-2)27-28(17)11-14/h3-4,6-7,14H,5,8-12H2,1-2H3,(H2,23,24,25). The molecule has 2 heterocycles. The van der Waals surface area contributed by atoms with Crippen LogP contribution in [0.25, 0.3) is 0 Å². The van der Waals surface area contributed by atoms with Gasteiger partial charge in [0.25, 0.3) is 0 Å². The number of benzene rings is 1. The number of nitrogens with one attached hydrogen (secondary N) is 2. The second-order valence-corrected chi connectivity index (χ2v) is 6.81. The Morgan fingerprint density at radius 3 is 2.73 bits per heavy atom. The molecule has 1 unspecified atom stereocenters. The summed E-state index contributed by atoms with van der Waals surface area (Å²) in [6.45, 7) is 1.79. The predicted octanol–water partition coefficient (Wildman–Crippen LogP) is 2.00. The highest BCUT2D eigenvalue weighted by molar-refractivity contribution is 5.79. The van der Waals surface area contributed by atoms with Gasteiger partial charge in [0.05, 0.1) is 18.7 Å². The minimum atomic E-state index is -4.35. The monoisotopic (exact) mass is 426 g/mol. The average molecular weight is 426 g/mol. The number of halogens is 3. The van der Waals surface area contributed by atoms with Gasteiger partial charge < -0.3 is 20.1 Å². The van der Waals surface area contributed by atoms with Crippen molar-refractivity contribution in [2.75, 3.05) is 27.3 Å². The third kappa shape index (κ3) is 5.85. The molecule has 0 spiro atoms. The van der Waals surface area contributed by atoms with Crippen LogP contribution in [0.2, 0.25) is 0 Å². The van der Waals surface area contributed by atoms with Crippen molar-refractivity contribution in [3.8, 4) is 5.75 Å². The fraction of sp³-hybridized carbons (Fsp3) is 0.526. The first-order valence-electron chi connectivity index (χ1n) is 9.58. The number of aliphatic imine (C=N–C) groups is 1.